The van der Waals surface area contributed by atoms with Gasteiger partial charge in [-0.05, 0) is 24.3 Å². The summed E-state index contributed by atoms with van der Waals surface area (Å²) in [5.41, 5.74) is 4.33. The quantitative estimate of drug-likeness (QED) is 0.479. The van der Waals surface area contributed by atoms with Crippen molar-refractivity contribution < 1.29 is 22.5 Å². The number of halogens is 1. The lowest BCUT2D eigenvalue weighted by Crippen LogP contribution is -2.15. The number of anilines is 1. The Morgan fingerprint density at radius 1 is 1.16 bits per heavy atom. The fraction of sp³-hybridized carbons (Fsp3) is 0.105. The Hall–Kier alpha value is -3.77. The number of rotatable bonds is 5. The van der Waals surface area contributed by atoms with Crippen molar-refractivity contribution in [1.82, 2.24) is 25.2 Å². The minimum absolute atomic E-state index is 0.0674. The maximum absolute atomic E-state index is 14.3. The molecule has 158 valence electrons. The van der Waals surface area contributed by atoms with Crippen LogP contribution in [0.25, 0.3) is 16.9 Å². The van der Waals surface area contributed by atoms with Gasteiger partial charge in [0.25, 0.3) is 0 Å². The van der Waals surface area contributed by atoms with Gasteiger partial charge in [-0.15, -0.1) is 10.2 Å². The molecule has 0 spiro atoms. The predicted molar refractivity (Wildman–Crippen MR) is 107 cm³/mol. The summed E-state index contributed by atoms with van der Waals surface area (Å²) in [5.74, 6) is 0.566. The summed E-state index contributed by atoms with van der Waals surface area (Å²) in [6.45, 7) is 0.0674. The van der Waals surface area contributed by atoms with Crippen LogP contribution in [0.15, 0.2) is 53.8 Å². The molecule has 12 heteroatoms. The van der Waals surface area contributed by atoms with Crippen molar-refractivity contribution >= 4 is 21.3 Å². The van der Waals surface area contributed by atoms with E-state index in [4.69, 9.17) is 9.68 Å². The zero-order valence-electron chi connectivity index (χ0n) is 16.0. The highest BCUT2D eigenvalue weighted by atomic mass is 32.2. The molecule has 0 aliphatic carbocycles. The first-order valence-corrected chi connectivity index (χ1v) is 10.9. The predicted octanol–water partition coefficient (Wildman–Crippen LogP) is 2.14. The first-order chi connectivity index (χ1) is 14.9. The average Bonchev–Trinajstić information content (AvgIpc) is 3.42. The molecule has 10 nitrogen and oxygen atoms in total. The lowest BCUT2D eigenvalue weighted by Gasteiger charge is -2.11. The summed E-state index contributed by atoms with van der Waals surface area (Å²) in [5, 5.41) is 11.1. The Kier molecular flexibility index (Phi) is 4.45. The van der Waals surface area contributed by atoms with Crippen LogP contribution in [0.2, 0.25) is 0 Å². The molecule has 31 heavy (non-hydrogen) atoms. The molecule has 1 aliphatic heterocycles. The molecule has 0 unspecified atom stereocenters. The van der Waals surface area contributed by atoms with Crippen LogP contribution in [-0.4, -0.2) is 34.3 Å². The molecule has 0 atom stereocenters. The van der Waals surface area contributed by atoms with E-state index in [2.05, 4.69) is 26.1 Å². The fourth-order valence-corrected chi connectivity index (χ4v) is 3.88. The highest BCUT2D eigenvalue weighted by molar-refractivity contribution is 7.90. The Morgan fingerprint density at radius 2 is 1.97 bits per heavy atom. The lowest BCUT2D eigenvalue weighted by atomic mass is 10.1. The largest absolute Gasteiger partial charge is 0.370 e. The van der Waals surface area contributed by atoms with Crippen LogP contribution in [0, 0.1) is 5.82 Å². The number of hydrogen-bond acceptors (Lipinski definition) is 9. The standard InChI is InChI=1S/C19H15FN6O4S/c1-31(27,28)12-4-2-11(3-5-12)15-9-22-18(19-24-23-10-26(15)19)21-8-13-14(20)6-7-16-17(13)30-25-29-16/h2-7,9-10,25H,8H2,1H3,(H,21,22). The molecule has 2 aromatic carbocycles. The maximum Gasteiger partial charge on any atom is 0.203 e. The molecule has 2 aromatic heterocycles. The first-order valence-electron chi connectivity index (χ1n) is 9.05. The molecular formula is C19H15FN6O4S. The van der Waals surface area contributed by atoms with Gasteiger partial charge in [-0.25, -0.2) is 17.8 Å². The molecule has 0 radical (unpaired) electrons. The van der Waals surface area contributed by atoms with Crippen LogP contribution in [-0.2, 0) is 16.4 Å². The van der Waals surface area contributed by atoms with Crippen LogP contribution in [0.4, 0.5) is 10.2 Å². The number of nitrogens with zero attached hydrogens (tertiary/aromatic N) is 4. The summed E-state index contributed by atoms with van der Waals surface area (Å²) >= 11 is 0. The van der Waals surface area contributed by atoms with Crippen molar-refractivity contribution in [3.05, 3.63) is 60.3 Å². The van der Waals surface area contributed by atoms with Gasteiger partial charge in [0, 0.05) is 24.0 Å². The van der Waals surface area contributed by atoms with E-state index in [0.29, 0.717) is 22.9 Å². The average molecular weight is 442 g/mol. The summed E-state index contributed by atoms with van der Waals surface area (Å²) in [4.78, 5) is 14.8. The summed E-state index contributed by atoms with van der Waals surface area (Å²) in [6, 6.07) is 9.19. The van der Waals surface area contributed by atoms with E-state index >= 15 is 0 Å². The molecular weight excluding hydrogens is 427 g/mol. The van der Waals surface area contributed by atoms with Gasteiger partial charge in [-0.3, -0.25) is 4.40 Å². The molecule has 0 amide bonds. The van der Waals surface area contributed by atoms with E-state index in [-0.39, 0.29) is 22.8 Å². The Labute approximate surface area is 175 Å². The SMILES string of the molecule is CS(=O)(=O)c1ccc(-c2cnc(NCc3c(F)ccc4c3ONO4)c3nncn23)cc1. The number of sulfone groups is 1. The molecule has 5 rings (SSSR count). The van der Waals surface area contributed by atoms with Crippen LogP contribution in [0.1, 0.15) is 5.56 Å². The fourth-order valence-electron chi connectivity index (χ4n) is 3.25. The smallest absolute Gasteiger partial charge is 0.203 e. The summed E-state index contributed by atoms with van der Waals surface area (Å²) < 4.78 is 39.4. The summed E-state index contributed by atoms with van der Waals surface area (Å²) in [6.07, 6.45) is 4.27. The minimum atomic E-state index is -3.29. The van der Waals surface area contributed by atoms with Gasteiger partial charge in [0.05, 0.1) is 22.3 Å². The third-order valence-electron chi connectivity index (χ3n) is 4.81. The van der Waals surface area contributed by atoms with E-state index < -0.39 is 15.7 Å². The van der Waals surface area contributed by atoms with E-state index in [1.54, 1.807) is 22.7 Å². The second kappa shape index (κ2) is 7.18. The number of fused-ring (bicyclic) bond motifs is 2. The van der Waals surface area contributed by atoms with E-state index in [0.717, 1.165) is 11.8 Å². The van der Waals surface area contributed by atoms with Gasteiger partial charge >= 0.3 is 0 Å². The van der Waals surface area contributed by atoms with Crippen LogP contribution >= 0.6 is 0 Å². The van der Waals surface area contributed by atoms with Crippen LogP contribution in [0.3, 0.4) is 0 Å². The summed E-state index contributed by atoms with van der Waals surface area (Å²) in [7, 11) is -3.29. The second-order valence-electron chi connectivity index (χ2n) is 6.81. The maximum atomic E-state index is 14.3. The van der Waals surface area contributed by atoms with Crippen LogP contribution < -0.4 is 20.6 Å². The van der Waals surface area contributed by atoms with Gasteiger partial charge in [0.2, 0.25) is 11.4 Å². The van der Waals surface area contributed by atoms with Gasteiger partial charge in [0.15, 0.2) is 21.4 Å². The van der Waals surface area contributed by atoms with Crippen molar-refractivity contribution in [3.8, 4) is 22.8 Å². The van der Waals surface area contributed by atoms with Crippen molar-refractivity contribution in [2.75, 3.05) is 11.6 Å². The molecule has 4 aromatic rings. The molecule has 0 fully saturated rings. The lowest BCUT2D eigenvalue weighted by molar-refractivity contribution is 0.0254. The Bertz CT molecular complexity index is 1410. The number of aromatic nitrogens is 4. The van der Waals surface area contributed by atoms with Crippen molar-refractivity contribution in [3.63, 3.8) is 0 Å². The zero-order chi connectivity index (χ0) is 21.6. The van der Waals surface area contributed by atoms with E-state index in [9.17, 15) is 12.8 Å². The molecule has 0 bridgehead atoms. The highest BCUT2D eigenvalue weighted by Crippen LogP contribution is 2.36. The van der Waals surface area contributed by atoms with Gasteiger partial charge in [-0.2, -0.15) is 0 Å². The molecule has 0 saturated heterocycles. The van der Waals surface area contributed by atoms with Gasteiger partial charge in [-0.1, -0.05) is 12.1 Å². The first kappa shape index (κ1) is 19.2. The number of hydrogen-bond donors (Lipinski definition) is 2. The van der Waals surface area contributed by atoms with Crippen molar-refractivity contribution in [1.29, 1.82) is 0 Å². The van der Waals surface area contributed by atoms with E-state index in [1.807, 2.05) is 0 Å². The highest BCUT2D eigenvalue weighted by Gasteiger charge is 2.22. The molecule has 1 aliphatic rings. The minimum Gasteiger partial charge on any atom is -0.370 e. The normalized spacial score (nSPS) is 13.0. The zero-order valence-corrected chi connectivity index (χ0v) is 16.9. The topological polar surface area (TPSA) is 120 Å². The van der Waals surface area contributed by atoms with Gasteiger partial charge in [0.1, 0.15) is 12.1 Å². The van der Waals surface area contributed by atoms with Gasteiger partial charge < -0.3 is 15.0 Å². The monoisotopic (exact) mass is 442 g/mol. The Morgan fingerprint density at radius 3 is 2.74 bits per heavy atom. The second-order valence-corrected chi connectivity index (χ2v) is 8.82. The van der Waals surface area contributed by atoms with Crippen molar-refractivity contribution in [2.45, 2.75) is 11.4 Å². The third-order valence-corrected chi connectivity index (χ3v) is 5.94. The Balaban J connectivity index is 1.47. The van der Waals surface area contributed by atoms with E-state index in [1.165, 1.54) is 30.6 Å². The van der Waals surface area contributed by atoms with Crippen molar-refractivity contribution in [2.24, 2.45) is 0 Å². The molecule has 3 heterocycles. The number of benzene rings is 2. The van der Waals surface area contributed by atoms with Crippen LogP contribution in [0.5, 0.6) is 11.5 Å². The molecule has 0 saturated carbocycles. The third kappa shape index (κ3) is 3.41. The number of nitrogens with one attached hydrogen (secondary N) is 2. The molecule has 2 N–H and O–H groups in total.